The zero-order valence-electron chi connectivity index (χ0n) is 13.2. The van der Waals surface area contributed by atoms with E-state index in [9.17, 15) is 0 Å². The van der Waals surface area contributed by atoms with E-state index >= 15 is 0 Å². The summed E-state index contributed by atoms with van der Waals surface area (Å²) in [5.74, 6) is 1.67. The maximum absolute atomic E-state index is 5.88. The van der Waals surface area contributed by atoms with E-state index in [4.69, 9.17) is 9.47 Å². The molecule has 1 aromatic carbocycles. The number of nitrogens with zero attached hydrogens (tertiary/aromatic N) is 1. The molecule has 1 saturated heterocycles. The molecular formula is C16H27ClN2O2. The molecule has 2 rings (SSSR count). The standard InChI is InChI=1S/C16H26N2O2.ClH/c1-4-19-15-7-5-6-8-16(15)20-10-9-18-11-13(2)17-14(3)12-18;/h5-8,13-14,17H,4,9-12H2,1-3H3;1H. The molecule has 1 fully saturated rings. The van der Waals surface area contributed by atoms with Gasteiger partial charge >= 0.3 is 0 Å². The number of halogens is 1. The number of ether oxygens (including phenoxy) is 2. The number of hydrogen-bond donors (Lipinski definition) is 1. The summed E-state index contributed by atoms with van der Waals surface area (Å²) in [4.78, 5) is 2.45. The van der Waals surface area contributed by atoms with Crippen LogP contribution >= 0.6 is 12.4 Å². The van der Waals surface area contributed by atoms with Gasteiger partial charge in [-0.3, -0.25) is 4.90 Å². The summed E-state index contributed by atoms with van der Waals surface area (Å²) in [6.45, 7) is 10.9. The van der Waals surface area contributed by atoms with Crippen molar-refractivity contribution in [3.05, 3.63) is 24.3 Å². The van der Waals surface area contributed by atoms with Gasteiger partial charge in [0.1, 0.15) is 6.61 Å². The molecule has 2 unspecified atom stereocenters. The van der Waals surface area contributed by atoms with Crippen LogP contribution in [0.1, 0.15) is 20.8 Å². The van der Waals surface area contributed by atoms with Crippen molar-refractivity contribution in [1.29, 1.82) is 0 Å². The van der Waals surface area contributed by atoms with Crippen LogP contribution in [0.25, 0.3) is 0 Å². The Kier molecular flexibility index (Phi) is 7.86. The van der Waals surface area contributed by atoms with Gasteiger partial charge in [-0.1, -0.05) is 12.1 Å². The molecule has 0 amide bonds. The smallest absolute Gasteiger partial charge is 0.161 e. The number of benzene rings is 1. The molecule has 0 aromatic heterocycles. The van der Waals surface area contributed by atoms with Crippen LogP contribution in [0.15, 0.2) is 24.3 Å². The quantitative estimate of drug-likeness (QED) is 0.875. The normalized spacial score (nSPS) is 22.4. The third kappa shape index (κ3) is 5.73. The van der Waals surface area contributed by atoms with E-state index in [2.05, 4.69) is 24.1 Å². The summed E-state index contributed by atoms with van der Waals surface area (Å²) in [5, 5.41) is 3.54. The van der Waals surface area contributed by atoms with Crippen molar-refractivity contribution in [3.63, 3.8) is 0 Å². The summed E-state index contributed by atoms with van der Waals surface area (Å²) in [5.41, 5.74) is 0. The van der Waals surface area contributed by atoms with Crippen LogP contribution in [0.3, 0.4) is 0 Å². The van der Waals surface area contributed by atoms with E-state index in [1.54, 1.807) is 0 Å². The lowest BCUT2D eigenvalue weighted by Gasteiger charge is -2.36. The third-order valence-corrected chi connectivity index (χ3v) is 3.45. The van der Waals surface area contributed by atoms with E-state index in [1.807, 2.05) is 31.2 Å². The summed E-state index contributed by atoms with van der Waals surface area (Å²) >= 11 is 0. The molecule has 1 aliphatic rings. The average molecular weight is 315 g/mol. The zero-order valence-corrected chi connectivity index (χ0v) is 14.0. The Balaban J connectivity index is 0.00000220. The molecule has 0 saturated carbocycles. The van der Waals surface area contributed by atoms with Gasteiger partial charge in [-0.15, -0.1) is 12.4 Å². The van der Waals surface area contributed by atoms with Gasteiger partial charge in [0.2, 0.25) is 0 Å². The first-order valence-electron chi connectivity index (χ1n) is 7.52. The van der Waals surface area contributed by atoms with Crippen LogP contribution in [0, 0.1) is 0 Å². The Hall–Kier alpha value is -0.970. The number of nitrogens with one attached hydrogen (secondary N) is 1. The number of piperazine rings is 1. The van der Waals surface area contributed by atoms with E-state index < -0.39 is 0 Å². The number of rotatable bonds is 6. The Bertz CT molecular complexity index is 407. The first-order valence-corrected chi connectivity index (χ1v) is 7.52. The maximum atomic E-state index is 5.88. The topological polar surface area (TPSA) is 33.7 Å². The Morgan fingerprint density at radius 1 is 1.10 bits per heavy atom. The van der Waals surface area contributed by atoms with Gasteiger partial charge < -0.3 is 14.8 Å². The highest BCUT2D eigenvalue weighted by Gasteiger charge is 2.20. The van der Waals surface area contributed by atoms with E-state index in [0.29, 0.717) is 25.3 Å². The van der Waals surface area contributed by atoms with Crippen molar-refractivity contribution in [2.24, 2.45) is 0 Å². The summed E-state index contributed by atoms with van der Waals surface area (Å²) in [6, 6.07) is 8.97. The van der Waals surface area contributed by atoms with Crippen molar-refractivity contribution >= 4 is 12.4 Å². The monoisotopic (exact) mass is 314 g/mol. The van der Waals surface area contributed by atoms with E-state index in [-0.39, 0.29) is 12.4 Å². The summed E-state index contributed by atoms with van der Waals surface area (Å²) in [6.07, 6.45) is 0. The molecule has 1 heterocycles. The highest BCUT2D eigenvalue weighted by Crippen LogP contribution is 2.26. The second kappa shape index (κ2) is 9.13. The minimum absolute atomic E-state index is 0. The van der Waals surface area contributed by atoms with Gasteiger partial charge in [-0.05, 0) is 32.9 Å². The first-order chi connectivity index (χ1) is 9.69. The summed E-state index contributed by atoms with van der Waals surface area (Å²) in [7, 11) is 0. The van der Waals surface area contributed by atoms with Crippen molar-refractivity contribution in [2.75, 3.05) is 32.8 Å². The van der Waals surface area contributed by atoms with Gasteiger partial charge in [0, 0.05) is 31.7 Å². The summed E-state index contributed by atoms with van der Waals surface area (Å²) < 4.78 is 11.4. The molecule has 2 atom stereocenters. The molecule has 0 spiro atoms. The van der Waals surface area contributed by atoms with Crippen LogP contribution in [-0.4, -0.2) is 49.8 Å². The van der Waals surface area contributed by atoms with Crippen LogP contribution in [0.5, 0.6) is 11.5 Å². The average Bonchev–Trinajstić information content (AvgIpc) is 2.40. The fourth-order valence-corrected chi connectivity index (χ4v) is 2.75. The molecule has 0 radical (unpaired) electrons. The molecule has 21 heavy (non-hydrogen) atoms. The van der Waals surface area contributed by atoms with Crippen LogP contribution < -0.4 is 14.8 Å². The molecular weight excluding hydrogens is 288 g/mol. The molecule has 120 valence electrons. The van der Waals surface area contributed by atoms with Gasteiger partial charge in [-0.2, -0.15) is 0 Å². The predicted octanol–water partition coefficient (Wildman–Crippen LogP) is 2.57. The second-order valence-electron chi connectivity index (χ2n) is 5.46. The molecule has 1 N–H and O–H groups in total. The molecule has 4 nitrogen and oxygen atoms in total. The molecule has 0 aliphatic carbocycles. The molecule has 5 heteroatoms. The lowest BCUT2D eigenvalue weighted by molar-refractivity contribution is 0.145. The van der Waals surface area contributed by atoms with Crippen LogP contribution in [-0.2, 0) is 0 Å². The van der Waals surface area contributed by atoms with Gasteiger partial charge in [0.15, 0.2) is 11.5 Å². The zero-order chi connectivity index (χ0) is 14.4. The first kappa shape index (κ1) is 18.1. The van der Waals surface area contributed by atoms with Gasteiger partial charge in [0.25, 0.3) is 0 Å². The fraction of sp³-hybridized carbons (Fsp3) is 0.625. The third-order valence-electron chi connectivity index (χ3n) is 3.45. The number of hydrogen-bond acceptors (Lipinski definition) is 4. The van der Waals surface area contributed by atoms with Gasteiger partial charge in [0.05, 0.1) is 6.61 Å². The minimum atomic E-state index is 0. The number of para-hydroxylation sites is 2. The van der Waals surface area contributed by atoms with E-state index in [0.717, 1.165) is 31.1 Å². The molecule has 1 aromatic rings. The fourth-order valence-electron chi connectivity index (χ4n) is 2.75. The minimum Gasteiger partial charge on any atom is -0.490 e. The Morgan fingerprint density at radius 2 is 1.67 bits per heavy atom. The lowest BCUT2D eigenvalue weighted by atomic mass is 10.1. The maximum Gasteiger partial charge on any atom is 0.161 e. The highest BCUT2D eigenvalue weighted by atomic mass is 35.5. The Morgan fingerprint density at radius 3 is 2.24 bits per heavy atom. The van der Waals surface area contributed by atoms with E-state index in [1.165, 1.54) is 0 Å². The van der Waals surface area contributed by atoms with Crippen molar-refractivity contribution in [2.45, 2.75) is 32.9 Å². The van der Waals surface area contributed by atoms with Gasteiger partial charge in [-0.25, -0.2) is 0 Å². The van der Waals surface area contributed by atoms with Crippen LogP contribution in [0.2, 0.25) is 0 Å². The predicted molar refractivity (Wildman–Crippen MR) is 88.9 cm³/mol. The van der Waals surface area contributed by atoms with Crippen molar-refractivity contribution in [1.82, 2.24) is 10.2 Å². The lowest BCUT2D eigenvalue weighted by Crippen LogP contribution is -2.54. The van der Waals surface area contributed by atoms with Crippen molar-refractivity contribution in [3.8, 4) is 11.5 Å². The largest absolute Gasteiger partial charge is 0.490 e. The Labute approximate surface area is 134 Å². The highest BCUT2D eigenvalue weighted by molar-refractivity contribution is 5.85. The molecule has 1 aliphatic heterocycles. The van der Waals surface area contributed by atoms with Crippen molar-refractivity contribution < 1.29 is 9.47 Å². The molecule has 0 bridgehead atoms. The van der Waals surface area contributed by atoms with Crippen LogP contribution in [0.4, 0.5) is 0 Å². The second-order valence-corrected chi connectivity index (χ2v) is 5.46. The SMILES string of the molecule is CCOc1ccccc1OCCN1CC(C)NC(C)C1.Cl.